The first-order valence-corrected chi connectivity index (χ1v) is 13.6. The standard InChI is InChI=1S/C24H30FNO5S2/c1-3-5-9-17-14-26(18-10-7-6-8-11-18)20-12-22(32-4-2)21(31-15-19(25)24(27)28)13-23(20)33(29,30)16-17/h6-8,10-13,15,17,29-30H,3-5,9,14,16H2,1-2H3,(H,27,28)/b19-15-/t17-/m1/s1. The van der Waals surface area contributed by atoms with Crippen molar-refractivity contribution in [3.63, 3.8) is 0 Å². The number of anilines is 2. The van der Waals surface area contributed by atoms with E-state index in [4.69, 9.17) is 9.84 Å². The first-order valence-electron chi connectivity index (χ1n) is 10.9. The molecule has 2 aromatic rings. The number of fused-ring (bicyclic) bond motifs is 1. The lowest BCUT2D eigenvalue weighted by Gasteiger charge is -2.34. The predicted molar refractivity (Wildman–Crippen MR) is 133 cm³/mol. The molecule has 0 bridgehead atoms. The van der Waals surface area contributed by atoms with Gasteiger partial charge in [-0.2, -0.15) is 15.0 Å². The van der Waals surface area contributed by atoms with Crippen molar-refractivity contribution in [3.8, 4) is 5.75 Å². The summed E-state index contributed by atoms with van der Waals surface area (Å²) >= 11 is 1.45. The maximum atomic E-state index is 13.6. The van der Waals surface area contributed by atoms with E-state index in [-0.39, 0.29) is 17.4 Å². The maximum absolute atomic E-state index is 13.6. The molecule has 0 saturated carbocycles. The Morgan fingerprint density at radius 3 is 2.64 bits per heavy atom. The number of carboxylic acids is 1. The molecule has 0 fully saturated rings. The number of hydrogen-bond donors (Lipinski definition) is 3. The number of carbonyl (C=O) groups is 1. The van der Waals surface area contributed by atoms with Crippen LogP contribution >= 0.6 is 22.4 Å². The zero-order valence-electron chi connectivity index (χ0n) is 18.7. The molecule has 9 heteroatoms. The van der Waals surface area contributed by atoms with Crippen molar-refractivity contribution < 1.29 is 28.1 Å². The van der Waals surface area contributed by atoms with Gasteiger partial charge in [0.25, 0.3) is 0 Å². The van der Waals surface area contributed by atoms with Crippen LogP contribution in [0.3, 0.4) is 0 Å². The van der Waals surface area contributed by atoms with E-state index in [1.54, 1.807) is 0 Å². The van der Waals surface area contributed by atoms with Gasteiger partial charge in [0.1, 0.15) is 12.0 Å². The summed E-state index contributed by atoms with van der Waals surface area (Å²) in [5.41, 5.74) is 1.61. The second kappa shape index (κ2) is 11.3. The van der Waals surface area contributed by atoms with Crippen molar-refractivity contribution in [1.82, 2.24) is 0 Å². The topological polar surface area (TPSA) is 90.2 Å². The molecule has 1 aliphatic heterocycles. The fraction of sp³-hybridized carbons (Fsp3) is 0.375. The molecule has 0 amide bonds. The van der Waals surface area contributed by atoms with Gasteiger partial charge in [-0.15, -0.1) is 11.8 Å². The van der Waals surface area contributed by atoms with E-state index in [0.717, 1.165) is 24.9 Å². The quantitative estimate of drug-likeness (QED) is 0.193. The van der Waals surface area contributed by atoms with Gasteiger partial charge in [0.15, 0.2) is 0 Å². The number of nitrogens with zero attached hydrogens (tertiary/aromatic N) is 1. The van der Waals surface area contributed by atoms with Gasteiger partial charge >= 0.3 is 5.97 Å². The summed E-state index contributed by atoms with van der Waals surface area (Å²) in [5, 5.41) is 8.79. The molecule has 3 N–H and O–H groups in total. The first kappa shape index (κ1) is 25.4. The average molecular weight is 496 g/mol. The van der Waals surface area contributed by atoms with Crippen LogP contribution in [0.4, 0.5) is 15.8 Å². The van der Waals surface area contributed by atoms with Gasteiger partial charge in [0.05, 0.1) is 15.5 Å². The lowest BCUT2D eigenvalue weighted by Crippen LogP contribution is -2.25. The van der Waals surface area contributed by atoms with E-state index >= 15 is 0 Å². The maximum Gasteiger partial charge on any atom is 0.368 e. The Bertz CT molecular complexity index is 1000. The van der Waals surface area contributed by atoms with Crippen molar-refractivity contribution in [2.24, 2.45) is 5.92 Å². The Morgan fingerprint density at radius 2 is 2.00 bits per heavy atom. The number of ether oxygens (including phenoxy) is 1. The van der Waals surface area contributed by atoms with Gasteiger partial charge in [-0.25, -0.2) is 4.79 Å². The number of aliphatic carboxylic acids is 1. The Labute approximate surface area is 199 Å². The number of para-hydroxylation sites is 1. The predicted octanol–water partition coefficient (Wildman–Crippen LogP) is 7.14. The van der Waals surface area contributed by atoms with Crippen LogP contribution < -0.4 is 9.64 Å². The fourth-order valence-corrected chi connectivity index (χ4v) is 6.54. The highest BCUT2D eigenvalue weighted by atomic mass is 32.3. The lowest BCUT2D eigenvalue weighted by atomic mass is 10.0. The van der Waals surface area contributed by atoms with E-state index in [9.17, 15) is 18.3 Å². The zero-order chi connectivity index (χ0) is 24.0. The van der Waals surface area contributed by atoms with Crippen LogP contribution in [0.1, 0.15) is 33.1 Å². The summed E-state index contributed by atoms with van der Waals surface area (Å²) in [4.78, 5) is 13.9. The number of rotatable bonds is 9. The van der Waals surface area contributed by atoms with Gasteiger partial charge in [0.2, 0.25) is 5.83 Å². The van der Waals surface area contributed by atoms with Gasteiger partial charge in [-0.3, -0.25) is 9.11 Å². The summed E-state index contributed by atoms with van der Waals surface area (Å²) in [6.07, 6.45) is 3.41. The van der Waals surface area contributed by atoms with Crippen molar-refractivity contribution in [2.45, 2.75) is 42.9 Å². The van der Waals surface area contributed by atoms with Crippen LogP contribution in [0.15, 0.2) is 64.3 Å². The van der Waals surface area contributed by atoms with Crippen LogP contribution in [-0.2, 0) is 4.79 Å². The van der Waals surface area contributed by atoms with Crippen LogP contribution in [-0.4, -0.2) is 38.2 Å². The number of unbranched alkanes of at least 4 members (excludes halogenated alkanes) is 1. The molecule has 0 aromatic heterocycles. The number of thioether (sulfide) groups is 1. The van der Waals surface area contributed by atoms with Gasteiger partial charge in [0, 0.05) is 24.1 Å². The van der Waals surface area contributed by atoms with Crippen molar-refractivity contribution >= 4 is 39.7 Å². The minimum atomic E-state index is -3.17. The normalized spacial score (nSPS) is 18.9. The van der Waals surface area contributed by atoms with Crippen molar-refractivity contribution in [1.29, 1.82) is 0 Å². The Kier molecular flexibility index (Phi) is 8.69. The summed E-state index contributed by atoms with van der Waals surface area (Å²) in [7, 11) is -3.17. The Hall–Kier alpha value is -2.20. The molecule has 180 valence electrons. The molecule has 0 aliphatic carbocycles. The molecule has 1 atom stereocenters. The summed E-state index contributed by atoms with van der Waals surface area (Å²) < 4.78 is 41.4. The van der Waals surface area contributed by atoms with Crippen LogP contribution in [0.25, 0.3) is 0 Å². The highest BCUT2D eigenvalue weighted by molar-refractivity contribution is 8.24. The van der Waals surface area contributed by atoms with Gasteiger partial charge in [-0.1, -0.05) is 44.9 Å². The highest BCUT2D eigenvalue weighted by Crippen LogP contribution is 2.59. The molecule has 1 aliphatic rings. The van der Waals surface area contributed by atoms with E-state index < -0.39 is 22.4 Å². The van der Waals surface area contributed by atoms with E-state index in [0.29, 0.717) is 34.0 Å². The summed E-state index contributed by atoms with van der Waals surface area (Å²) in [6, 6.07) is 13.1. The Balaban J connectivity index is 2.15. The van der Waals surface area contributed by atoms with Gasteiger partial charge < -0.3 is 14.7 Å². The Morgan fingerprint density at radius 1 is 1.27 bits per heavy atom. The molecule has 0 unspecified atom stereocenters. The SMILES string of the molecule is CCCC[C@@H]1CN(c2ccccc2)c2cc(SCC)c(O/C=C(\F)C(=O)O)cc2S(O)(O)C1. The molecule has 3 rings (SSSR count). The third-order valence-corrected chi connectivity index (χ3v) is 8.29. The zero-order valence-corrected chi connectivity index (χ0v) is 20.4. The molecule has 2 aromatic carbocycles. The minimum absolute atomic E-state index is 0.0681. The molecular weight excluding hydrogens is 465 g/mol. The van der Waals surface area contributed by atoms with Crippen LogP contribution in [0.2, 0.25) is 0 Å². The minimum Gasteiger partial charge on any atom is -0.476 e. The smallest absolute Gasteiger partial charge is 0.368 e. The molecule has 0 radical (unpaired) electrons. The number of benzene rings is 2. The molecule has 0 spiro atoms. The third-order valence-electron chi connectivity index (χ3n) is 5.40. The molecule has 0 saturated heterocycles. The third kappa shape index (κ3) is 6.23. The number of hydrogen-bond acceptors (Lipinski definition) is 6. The van der Waals surface area contributed by atoms with Crippen molar-refractivity contribution in [2.75, 3.05) is 23.0 Å². The molecule has 1 heterocycles. The first-order chi connectivity index (χ1) is 15.8. The van der Waals surface area contributed by atoms with Crippen LogP contribution in [0, 0.1) is 5.92 Å². The van der Waals surface area contributed by atoms with E-state index in [1.165, 1.54) is 17.8 Å². The molecule has 33 heavy (non-hydrogen) atoms. The van der Waals surface area contributed by atoms with Crippen molar-refractivity contribution in [3.05, 3.63) is 54.6 Å². The van der Waals surface area contributed by atoms with E-state index in [2.05, 4.69) is 11.8 Å². The summed E-state index contributed by atoms with van der Waals surface area (Å²) in [6.45, 7) is 4.70. The molecular formula is C24H30FNO5S2. The summed E-state index contributed by atoms with van der Waals surface area (Å²) in [5.74, 6) is -1.98. The number of halogens is 1. The van der Waals surface area contributed by atoms with E-state index in [1.807, 2.05) is 43.3 Å². The van der Waals surface area contributed by atoms with Gasteiger partial charge in [-0.05, 0) is 36.3 Å². The fourth-order valence-electron chi connectivity index (χ4n) is 3.88. The second-order valence-electron chi connectivity index (χ2n) is 7.88. The monoisotopic (exact) mass is 495 g/mol. The largest absolute Gasteiger partial charge is 0.476 e. The average Bonchev–Trinajstić information content (AvgIpc) is 2.90. The lowest BCUT2D eigenvalue weighted by molar-refractivity contribution is -0.134. The van der Waals surface area contributed by atoms with Crippen LogP contribution in [0.5, 0.6) is 5.75 Å². The highest BCUT2D eigenvalue weighted by Gasteiger charge is 2.34. The second-order valence-corrected chi connectivity index (χ2v) is 11.3. The number of carboxylic acid groups (broad SMARTS) is 1. The molecule has 6 nitrogen and oxygen atoms in total.